The molecule has 0 bridgehead atoms. The molecule has 0 N–H and O–H groups in total. The number of rotatable bonds is 7. The van der Waals surface area contributed by atoms with Gasteiger partial charge in [0, 0.05) is 23.3 Å². The number of para-hydroxylation sites is 1. The Morgan fingerprint density at radius 1 is 0.886 bits per heavy atom. The topological polar surface area (TPSA) is 99.6 Å². The highest BCUT2D eigenvalue weighted by molar-refractivity contribution is 6.02. The molecule has 0 aliphatic carbocycles. The van der Waals surface area contributed by atoms with Crippen LogP contribution in [0.2, 0.25) is 0 Å². The van der Waals surface area contributed by atoms with Gasteiger partial charge in [0.25, 0.3) is 11.2 Å². The average Bonchev–Trinajstić information content (AvgIpc) is 3.03. The van der Waals surface area contributed by atoms with E-state index in [4.69, 9.17) is 4.74 Å². The fraction of sp³-hybridized carbons (Fsp3) is 0.0606. The number of benzene rings is 5. The van der Waals surface area contributed by atoms with Crippen molar-refractivity contribution in [2.24, 2.45) is 5.10 Å². The van der Waals surface area contributed by atoms with Crippen molar-refractivity contribution in [3.05, 3.63) is 146 Å². The first kappa shape index (κ1) is 28.3. The van der Waals surface area contributed by atoms with Gasteiger partial charge in [-0.25, -0.2) is 4.98 Å². The highest BCUT2D eigenvalue weighted by Crippen LogP contribution is 2.32. The van der Waals surface area contributed by atoms with Crippen molar-refractivity contribution in [3.8, 4) is 17.1 Å². The fourth-order valence-electron chi connectivity index (χ4n) is 4.82. The summed E-state index contributed by atoms with van der Waals surface area (Å²) in [5.74, 6) is 0.303. The summed E-state index contributed by atoms with van der Waals surface area (Å²) in [4.78, 5) is 28.9. The standard InChI is InChI=1S/C33H21F3N4O4/c34-33(35,36)24-10-6-9-23(18-24)31-38-29-14-4-3-13-27(29)32(41)39(31)37-19-28-26-12-2-1-8-22(26)15-16-30(28)44-20-21-7-5-11-25(17-21)40(42)43/h1-19H,20H2. The van der Waals surface area contributed by atoms with E-state index in [9.17, 15) is 28.1 Å². The fourth-order valence-corrected chi connectivity index (χ4v) is 4.82. The summed E-state index contributed by atoms with van der Waals surface area (Å²) in [5.41, 5.74) is -0.114. The molecule has 0 atom stereocenters. The summed E-state index contributed by atoms with van der Waals surface area (Å²) in [6.45, 7) is 0.00776. The second-order valence-corrected chi connectivity index (χ2v) is 9.81. The summed E-state index contributed by atoms with van der Waals surface area (Å²) < 4.78 is 47.8. The van der Waals surface area contributed by atoms with Gasteiger partial charge in [0.05, 0.1) is 27.6 Å². The largest absolute Gasteiger partial charge is 0.488 e. The second-order valence-electron chi connectivity index (χ2n) is 9.81. The second kappa shape index (κ2) is 11.4. The molecule has 218 valence electrons. The molecule has 1 aromatic heterocycles. The van der Waals surface area contributed by atoms with Gasteiger partial charge in [0.2, 0.25) is 0 Å². The maximum absolute atomic E-state index is 13.7. The Kier molecular flexibility index (Phi) is 7.36. The van der Waals surface area contributed by atoms with Crippen LogP contribution in [0.5, 0.6) is 5.75 Å². The predicted molar refractivity (Wildman–Crippen MR) is 161 cm³/mol. The van der Waals surface area contributed by atoms with Crippen LogP contribution in [0.3, 0.4) is 0 Å². The van der Waals surface area contributed by atoms with E-state index in [0.29, 0.717) is 22.4 Å². The van der Waals surface area contributed by atoms with Crippen LogP contribution in [-0.2, 0) is 12.8 Å². The molecule has 0 radical (unpaired) electrons. The lowest BCUT2D eigenvalue weighted by atomic mass is 10.0. The lowest BCUT2D eigenvalue weighted by molar-refractivity contribution is -0.384. The molecule has 1 heterocycles. The van der Waals surface area contributed by atoms with Crippen LogP contribution in [0.25, 0.3) is 33.1 Å². The molecule has 0 spiro atoms. The average molecular weight is 595 g/mol. The zero-order valence-corrected chi connectivity index (χ0v) is 22.7. The zero-order valence-electron chi connectivity index (χ0n) is 22.7. The Morgan fingerprint density at radius 3 is 2.43 bits per heavy atom. The van der Waals surface area contributed by atoms with Gasteiger partial charge in [-0.3, -0.25) is 14.9 Å². The van der Waals surface area contributed by atoms with Crippen LogP contribution in [0, 0.1) is 10.1 Å². The van der Waals surface area contributed by atoms with Crippen LogP contribution in [0.15, 0.2) is 119 Å². The summed E-state index contributed by atoms with van der Waals surface area (Å²) in [6.07, 6.45) is -3.20. The molecular formula is C33H21F3N4O4. The summed E-state index contributed by atoms with van der Waals surface area (Å²) >= 11 is 0. The smallest absolute Gasteiger partial charge is 0.416 e. The number of nitro groups is 1. The number of fused-ring (bicyclic) bond motifs is 2. The van der Waals surface area contributed by atoms with Crippen molar-refractivity contribution in [2.75, 3.05) is 0 Å². The van der Waals surface area contributed by atoms with E-state index >= 15 is 0 Å². The van der Waals surface area contributed by atoms with Crippen LogP contribution in [0.4, 0.5) is 18.9 Å². The van der Waals surface area contributed by atoms with E-state index in [-0.39, 0.29) is 29.1 Å². The van der Waals surface area contributed by atoms with Crippen molar-refractivity contribution in [3.63, 3.8) is 0 Å². The molecule has 0 aliphatic rings. The number of alkyl halides is 3. The molecule has 0 saturated heterocycles. The van der Waals surface area contributed by atoms with Gasteiger partial charge in [-0.05, 0) is 46.7 Å². The Morgan fingerprint density at radius 2 is 1.64 bits per heavy atom. The quantitative estimate of drug-likeness (QED) is 0.108. The molecule has 5 aromatic carbocycles. The number of aromatic nitrogens is 2. The predicted octanol–water partition coefficient (Wildman–Crippen LogP) is 7.60. The minimum absolute atomic E-state index is 0.00776. The highest BCUT2D eigenvalue weighted by atomic mass is 19.4. The molecule has 0 aliphatic heterocycles. The molecule has 0 saturated carbocycles. The SMILES string of the molecule is O=c1c2ccccc2nc(-c2cccc(C(F)(F)F)c2)n1N=Cc1c(OCc2cccc([N+](=O)[O-])c2)ccc2ccccc12. The summed E-state index contributed by atoms with van der Waals surface area (Å²) in [6, 6.07) is 28.1. The third-order valence-electron chi connectivity index (χ3n) is 6.95. The molecule has 6 rings (SSSR count). The molecule has 0 fully saturated rings. The molecule has 6 aromatic rings. The maximum atomic E-state index is 13.7. The van der Waals surface area contributed by atoms with Gasteiger partial charge in [-0.2, -0.15) is 22.9 Å². The first-order chi connectivity index (χ1) is 21.2. The highest BCUT2D eigenvalue weighted by Gasteiger charge is 2.31. The molecule has 44 heavy (non-hydrogen) atoms. The van der Waals surface area contributed by atoms with E-state index < -0.39 is 22.2 Å². The monoisotopic (exact) mass is 594 g/mol. The Balaban J connectivity index is 1.49. The van der Waals surface area contributed by atoms with E-state index in [2.05, 4.69) is 10.1 Å². The minimum atomic E-state index is -4.60. The van der Waals surface area contributed by atoms with E-state index in [1.165, 1.54) is 30.5 Å². The van der Waals surface area contributed by atoms with Crippen molar-refractivity contribution in [1.82, 2.24) is 9.66 Å². The number of ether oxygens (including phenoxy) is 1. The van der Waals surface area contributed by atoms with Gasteiger partial charge in [0.15, 0.2) is 5.82 Å². The van der Waals surface area contributed by atoms with Gasteiger partial charge < -0.3 is 4.74 Å². The molecule has 0 unspecified atom stereocenters. The van der Waals surface area contributed by atoms with Crippen molar-refractivity contribution < 1.29 is 22.8 Å². The van der Waals surface area contributed by atoms with Gasteiger partial charge in [0.1, 0.15) is 12.4 Å². The summed E-state index contributed by atoms with van der Waals surface area (Å²) in [7, 11) is 0. The normalized spacial score (nSPS) is 11.8. The number of nitro benzene ring substituents is 1. The minimum Gasteiger partial charge on any atom is -0.488 e. The van der Waals surface area contributed by atoms with Crippen molar-refractivity contribution in [1.29, 1.82) is 0 Å². The van der Waals surface area contributed by atoms with Crippen LogP contribution in [0.1, 0.15) is 16.7 Å². The Bertz CT molecular complexity index is 2140. The van der Waals surface area contributed by atoms with E-state index in [1.54, 1.807) is 42.5 Å². The number of hydrogen-bond donors (Lipinski definition) is 0. The molecular weight excluding hydrogens is 573 g/mol. The van der Waals surface area contributed by atoms with Crippen LogP contribution < -0.4 is 10.3 Å². The van der Waals surface area contributed by atoms with Crippen LogP contribution in [-0.4, -0.2) is 20.8 Å². The lowest BCUT2D eigenvalue weighted by Gasteiger charge is -2.14. The third kappa shape index (κ3) is 5.62. The van der Waals surface area contributed by atoms with E-state index in [0.717, 1.165) is 27.6 Å². The zero-order chi connectivity index (χ0) is 30.8. The lowest BCUT2D eigenvalue weighted by Crippen LogP contribution is -2.20. The van der Waals surface area contributed by atoms with E-state index in [1.807, 2.05) is 30.3 Å². The Hall–Kier alpha value is -5.84. The number of non-ortho nitro benzene ring substituents is 1. The summed E-state index contributed by atoms with van der Waals surface area (Å²) in [5, 5.41) is 17.5. The van der Waals surface area contributed by atoms with Gasteiger partial charge in [-0.15, -0.1) is 0 Å². The number of halogens is 3. The maximum Gasteiger partial charge on any atom is 0.416 e. The third-order valence-corrected chi connectivity index (χ3v) is 6.95. The number of nitrogens with zero attached hydrogens (tertiary/aromatic N) is 4. The van der Waals surface area contributed by atoms with Crippen molar-refractivity contribution in [2.45, 2.75) is 12.8 Å². The van der Waals surface area contributed by atoms with Crippen LogP contribution >= 0.6 is 0 Å². The van der Waals surface area contributed by atoms with Gasteiger partial charge >= 0.3 is 6.18 Å². The Labute approximate surface area is 247 Å². The van der Waals surface area contributed by atoms with Crippen molar-refractivity contribution >= 4 is 33.6 Å². The molecule has 8 nitrogen and oxygen atoms in total. The van der Waals surface area contributed by atoms with Gasteiger partial charge in [-0.1, -0.05) is 66.7 Å². The number of hydrogen-bond acceptors (Lipinski definition) is 6. The molecule has 0 amide bonds. The molecule has 11 heteroatoms. The first-order valence-electron chi connectivity index (χ1n) is 13.3. The first-order valence-corrected chi connectivity index (χ1v) is 13.3.